The molecule has 0 atom stereocenters. The Bertz CT molecular complexity index is 853. The van der Waals surface area contributed by atoms with Gasteiger partial charge in [-0.25, -0.2) is 0 Å². The molecule has 0 saturated carbocycles. The summed E-state index contributed by atoms with van der Waals surface area (Å²) in [6.07, 6.45) is 1.21. The second kappa shape index (κ2) is 5.75. The molecule has 0 aliphatic carbocycles. The normalized spacial score (nSPS) is 14.6. The third kappa shape index (κ3) is 2.97. The van der Waals surface area contributed by atoms with Crippen LogP contribution in [-0.4, -0.2) is 44.5 Å². The Hall–Kier alpha value is -2.25. The van der Waals surface area contributed by atoms with Gasteiger partial charge in [-0.05, 0) is 23.9 Å². The molecule has 2 amide bonds. The summed E-state index contributed by atoms with van der Waals surface area (Å²) in [4.78, 5) is 26.2. The lowest BCUT2D eigenvalue weighted by Crippen LogP contribution is -2.41. The van der Waals surface area contributed by atoms with Crippen molar-refractivity contribution in [3.05, 3.63) is 47.5 Å². The number of carbonyl (C=O) groups is 2. The van der Waals surface area contributed by atoms with Gasteiger partial charge in [-0.3, -0.25) is 18.7 Å². The first-order valence-electron chi connectivity index (χ1n) is 7.11. The van der Waals surface area contributed by atoms with E-state index in [0.717, 1.165) is 16.5 Å². The van der Waals surface area contributed by atoms with Crippen LogP contribution in [0, 0.1) is 0 Å². The highest BCUT2D eigenvalue weighted by molar-refractivity contribution is 7.85. The van der Waals surface area contributed by atoms with E-state index in [1.54, 1.807) is 24.3 Å². The van der Waals surface area contributed by atoms with Crippen molar-refractivity contribution >= 4 is 32.7 Å². The number of nitrogens with zero attached hydrogens (tertiary/aromatic N) is 1. The Morgan fingerprint density at radius 2 is 1.57 bits per heavy atom. The molecule has 0 unspecified atom stereocenters. The summed E-state index contributed by atoms with van der Waals surface area (Å²) in [6, 6.07) is 10.7. The molecule has 0 aromatic heterocycles. The summed E-state index contributed by atoms with van der Waals surface area (Å²) >= 11 is 0. The molecule has 0 fully saturated rings. The van der Waals surface area contributed by atoms with E-state index in [1.807, 2.05) is 12.1 Å². The van der Waals surface area contributed by atoms with Gasteiger partial charge in [0.2, 0.25) is 0 Å². The van der Waals surface area contributed by atoms with Crippen molar-refractivity contribution in [3.63, 3.8) is 0 Å². The number of benzene rings is 2. The molecule has 23 heavy (non-hydrogen) atoms. The minimum atomic E-state index is -3.52. The van der Waals surface area contributed by atoms with Gasteiger partial charge < -0.3 is 0 Å². The van der Waals surface area contributed by atoms with Gasteiger partial charge in [0.25, 0.3) is 21.9 Å². The first-order valence-corrected chi connectivity index (χ1v) is 8.92. The van der Waals surface area contributed by atoms with Gasteiger partial charge in [0.05, 0.1) is 12.9 Å². The first-order chi connectivity index (χ1) is 10.9. The van der Waals surface area contributed by atoms with E-state index >= 15 is 0 Å². The molecule has 6 nitrogen and oxygen atoms in total. The molecule has 2 aromatic carbocycles. The zero-order valence-corrected chi connectivity index (χ0v) is 13.3. The van der Waals surface area contributed by atoms with Crippen molar-refractivity contribution < 1.29 is 22.2 Å². The van der Waals surface area contributed by atoms with Gasteiger partial charge in [0.15, 0.2) is 0 Å². The fourth-order valence-corrected chi connectivity index (χ4v) is 3.14. The molecule has 0 bridgehead atoms. The minimum absolute atomic E-state index is 0.0677. The Kier molecular flexibility index (Phi) is 3.91. The number of carbonyl (C=O) groups excluding carboxylic acids is 2. The molecule has 1 aliphatic rings. The highest BCUT2D eigenvalue weighted by Crippen LogP contribution is 2.29. The average molecular weight is 333 g/mol. The fourth-order valence-electron chi connectivity index (χ4n) is 2.72. The second-order valence-electron chi connectivity index (χ2n) is 5.35. The summed E-state index contributed by atoms with van der Waals surface area (Å²) in [5, 5.41) is 1.52. The van der Waals surface area contributed by atoms with Crippen LogP contribution in [0.4, 0.5) is 0 Å². The van der Waals surface area contributed by atoms with Crippen LogP contribution in [0.25, 0.3) is 10.8 Å². The molecule has 0 radical (unpaired) electrons. The van der Waals surface area contributed by atoms with Gasteiger partial charge in [-0.1, -0.05) is 24.3 Å². The van der Waals surface area contributed by atoms with Crippen molar-refractivity contribution in [2.45, 2.75) is 6.42 Å². The summed E-state index contributed by atoms with van der Waals surface area (Å²) in [5.41, 5.74) is 0.975. The Morgan fingerprint density at radius 1 is 1.00 bits per heavy atom. The molecule has 1 heterocycles. The van der Waals surface area contributed by atoms with Crippen molar-refractivity contribution in [1.29, 1.82) is 0 Å². The molecule has 0 spiro atoms. The maximum absolute atomic E-state index is 12.6. The molecule has 7 heteroatoms. The van der Waals surface area contributed by atoms with E-state index in [0.29, 0.717) is 16.5 Å². The van der Waals surface area contributed by atoms with E-state index in [9.17, 15) is 18.0 Å². The average Bonchev–Trinajstić information content (AvgIpc) is 2.50. The minimum Gasteiger partial charge on any atom is -0.274 e. The molecule has 0 N–H and O–H groups in total. The Morgan fingerprint density at radius 3 is 2.09 bits per heavy atom. The lowest BCUT2D eigenvalue weighted by Gasteiger charge is -2.27. The summed E-state index contributed by atoms with van der Waals surface area (Å²) in [5.74, 6) is -0.725. The zero-order chi connectivity index (χ0) is 16.6. The molecule has 0 saturated heterocycles. The van der Waals surface area contributed by atoms with Gasteiger partial charge in [-0.2, -0.15) is 8.42 Å². The maximum Gasteiger partial charge on any atom is 0.264 e. The second-order valence-corrected chi connectivity index (χ2v) is 6.99. The van der Waals surface area contributed by atoms with Gasteiger partial charge in [0, 0.05) is 23.1 Å². The Balaban J connectivity index is 1.86. The van der Waals surface area contributed by atoms with E-state index < -0.39 is 10.1 Å². The van der Waals surface area contributed by atoms with E-state index in [1.165, 1.54) is 0 Å². The van der Waals surface area contributed by atoms with Crippen LogP contribution in [0.1, 0.15) is 27.1 Å². The van der Waals surface area contributed by atoms with Crippen LogP contribution in [-0.2, 0) is 14.3 Å². The first kappa shape index (κ1) is 15.6. The SMILES string of the molecule is CS(=O)(=O)OCCCN1C(=O)c2cccc3cccc(c23)C1=O. The largest absolute Gasteiger partial charge is 0.274 e. The smallest absolute Gasteiger partial charge is 0.264 e. The monoisotopic (exact) mass is 333 g/mol. The van der Waals surface area contributed by atoms with Crippen LogP contribution < -0.4 is 0 Å². The number of rotatable bonds is 5. The fraction of sp³-hybridized carbons (Fsp3) is 0.250. The van der Waals surface area contributed by atoms with Crippen molar-refractivity contribution in [2.24, 2.45) is 0 Å². The lowest BCUT2D eigenvalue weighted by molar-refractivity contribution is 0.0604. The number of hydrogen-bond donors (Lipinski definition) is 0. The molecule has 1 aliphatic heterocycles. The van der Waals surface area contributed by atoms with E-state index in [2.05, 4.69) is 4.18 Å². The zero-order valence-electron chi connectivity index (χ0n) is 12.5. The van der Waals surface area contributed by atoms with Crippen LogP contribution in [0.15, 0.2) is 36.4 Å². The third-order valence-corrected chi connectivity index (χ3v) is 4.27. The van der Waals surface area contributed by atoms with Crippen LogP contribution in [0.3, 0.4) is 0 Å². The molecular formula is C16H15NO5S. The van der Waals surface area contributed by atoms with Gasteiger partial charge >= 0.3 is 0 Å². The van der Waals surface area contributed by atoms with Crippen LogP contribution >= 0.6 is 0 Å². The quantitative estimate of drug-likeness (QED) is 0.473. The predicted octanol–water partition coefficient (Wildman–Crippen LogP) is 1.80. The maximum atomic E-state index is 12.6. The molecular weight excluding hydrogens is 318 g/mol. The lowest BCUT2D eigenvalue weighted by atomic mass is 9.94. The van der Waals surface area contributed by atoms with Gasteiger partial charge in [0.1, 0.15) is 0 Å². The van der Waals surface area contributed by atoms with E-state index in [4.69, 9.17) is 0 Å². The van der Waals surface area contributed by atoms with Crippen molar-refractivity contribution in [1.82, 2.24) is 4.90 Å². The highest BCUT2D eigenvalue weighted by Gasteiger charge is 2.32. The number of hydrogen-bond acceptors (Lipinski definition) is 5. The summed E-state index contributed by atoms with van der Waals surface area (Å²) < 4.78 is 26.5. The third-order valence-electron chi connectivity index (χ3n) is 3.68. The molecule has 3 rings (SSSR count). The van der Waals surface area contributed by atoms with Crippen molar-refractivity contribution in [2.75, 3.05) is 19.4 Å². The van der Waals surface area contributed by atoms with E-state index in [-0.39, 0.29) is 31.4 Å². The molecule has 120 valence electrons. The summed E-state index contributed by atoms with van der Waals surface area (Å²) in [6.45, 7) is 0.0413. The predicted molar refractivity (Wildman–Crippen MR) is 84.7 cm³/mol. The summed E-state index contributed by atoms with van der Waals surface area (Å²) in [7, 11) is -3.52. The topological polar surface area (TPSA) is 80.8 Å². The number of amides is 2. The standard InChI is InChI=1S/C16H15NO5S/c1-23(20,21)22-10-4-9-17-15(18)12-7-2-5-11-6-3-8-13(14(11)12)16(17)19/h2-3,5-8H,4,9-10H2,1H3. The number of imide groups is 1. The van der Waals surface area contributed by atoms with Crippen LogP contribution in [0.5, 0.6) is 0 Å². The Labute approximate surface area is 133 Å². The van der Waals surface area contributed by atoms with Gasteiger partial charge in [-0.15, -0.1) is 0 Å². The van der Waals surface area contributed by atoms with Crippen LogP contribution in [0.2, 0.25) is 0 Å². The highest BCUT2D eigenvalue weighted by atomic mass is 32.2. The van der Waals surface area contributed by atoms with Crippen molar-refractivity contribution in [3.8, 4) is 0 Å². The molecule has 2 aromatic rings.